The van der Waals surface area contributed by atoms with Crippen LogP contribution >= 0.6 is 0 Å². The summed E-state index contributed by atoms with van der Waals surface area (Å²) < 4.78 is 15.7. The molecule has 0 bridgehead atoms. The van der Waals surface area contributed by atoms with Crippen molar-refractivity contribution in [2.75, 3.05) is 33.2 Å². The lowest BCUT2D eigenvalue weighted by Gasteiger charge is -2.15. The zero-order valence-electron chi connectivity index (χ0n) is 12.6. The molecule has 6 heteroatoms. The maximum atomic E-state index is 11.6. The second-order valence-corrected chi connectivity index (χ2v) is 4.49. The summed E-state index contributed by atoms with van der Waals surface area (Å²) in [6.07, 6.45) is 0. The highest BCUT2D eigenvalue weighted by molar-refractivity contribution is 5.81. The molecular formula is C14H22N2O4. The summed E-state index contributed by atoms with van der Waals surface area (Å²) in [5, 5.41) is 5.83. The third-order valence-corrected chi connectivity index (χ3v) is 2.57. The van der Waals surface area contributed by atoms with Gasteiger partial charge >= 0.3 is 0 Å². The molecule has 2 N–H and O–H groups in total. The molecule has 112 valence electrons. The number of anilines is 1. The van der Waals surface area contributed by atoms with Crippen molar-refractivity contribution in [2.45, 2.75) is 19.9 Å². The van der Waals surface area contributed by atoms with Crippen LogP contribution in [0.3, 0.4) is 0 Å². The number of nitrogens with one attached hydrogen (secondary N) is 2. The van der Waals surface area contributed by atoms with Gasteiger partial charge in [-0.2, -0.15) is 0 Å². The first kappa shape index (κ1) is 15.9. The van der Waals surface area contributed by atoms with E-state index in [0.29, 0.717) is 17.2 Å². The molecule has 0 aromatic heterocycles. The summed E-state index contributed by atoms with van der Waals surface area (Å²) in [7, 11) is 4.64. The van der Waals surface area contributed by atoms with Gasteiger partial charge in [-0.1, -0.05) is 0 Å². The van der Waals surface area contributed by atoms with Crippen LogP contribution in [0.15, 0.2) is 12.1 Å². The Hall–Kier alpha value is -2.11. The SMILES string of the molecule is COc1cc(NCC(=O)NC(C)C)cc(OC)c1OC. The Morgan fingerprint density at radius 1 is 1.10 bits per heavy atom. The summed E-state index contributed by atoms with van der Waals surface area (Å²) in [4.78, 5) is 11.6. The van der Waals surface area contributed by atoms with Crippen LogP contribution in [0.5, 0.6) is 17.2 Å². The van der Waals surface area contributed by atoms with E-state index in [2.05, 4.69) is 10.6 Å². The number of hydrogen-bond donors (Lipinski definition) is 2. The zero-order valence-corrected chi connectivity index (χ0v) is 12.6. The van der Waals surface area contributed by atoms with Crippen molar-refractivity contribution in [3.8, 4) is 17.2 Å². The normalized spacial score (nSPS) is 10.1. The predicted molar refractivity (Wildman–Crippen MR) is 77.9 cm³/mol. The fraction of sp³-hybridized carbons (Fsp3) is 0.500. The lowest BCUT2D eigenvalue weighted by Crippen LogP contribution is -2.34. The van der Waals surface area contributed by atoms with E-state index >= 15 is 0 Å². The Balaban J connectivity index is 2.83. The Morgan fingerprint density at radius 2 is 1.65 bits per heavy atom. The van der Waals surface area contributed by atoms with E-state index in [-0.39, 0.29) is 18.5 Å². The second kappa shape index (κ2) is 7.47. The van der Waals surface area contributed by atoms with Crippen LogP contribution in [0.25, 0.3) is 0 Å². The van der Waals surface area contributed by atoms with Gasteiger partial charge in [0.1, 0.15) is 0 Å². The molecule has 0 spiro atoms. The number of rotatable bonds is 7. The minimum Gasteiger partial charge on any atom is -0.493 e. The van der Waals surface area contributed by atoms with E-state index in [9.17, 15) is 4.79 Å². The lowest BCUT2D eigenvalue weighted by molar-refractivity contribution is -0.119. The molecule has 0 radical (unpaired) electrons. The molecule has 0 saturated heterocycles. The first-order chi connectivity index (χ1) is 9.51. The highest BCUT2D eigenvalue weighted by atomic mass is 16.5. The number of carbonyl (C=O) groups excluding carboxylic acids is 1. The second-order valence-electron chi connectivity index (χ2n) is 4.49. The number of benzene rings is 1. The van der Waals surface area contributed by atoms with E-state index in [1.54, 1.807) is 33.5 Å². The number of methoxy groups -OCH3 is 3. The van der Waals surface area contributed by atoms with Gasteiger partial charge in [-0.05, 0) is 13.8 Å². The molecule has 1 rings (SSSR count). The summed E-state index contributed by atoms with van der Waals surface area (Å²) >= 11 is 0. The van der Waals surface area contributed by atoms with Gasteiger partial charge < -0.3 is 24.8 Å². The molecule has 0 aliphatic rings. The van der Waals surface area contributed by atoms with E-state index < -0.39 is 0 Å². The molecule has 6 nitrogen and oxygen atoms in total. The predicted octanol–water partition coefficient (Wildman–Crippen LogP) is 1.65. The van der Waals surface area contributed by atoms with Crippen LogP contribution in [-0.2, 0) is 4.79 Å². The van der Waals surface area contributed by atoms with Crippen molar-refractivity contribution in [3.05, 3.63) is 12.1 Å². The Morgan fingerprint density at radius 3 is 2.05 bits per heavy atom. The molecule has 0 unspecified atom stereocenters. The lowest BCUT2D eigenvalue weighted by atomic mass is 10.2. The Bertz CT molecular complexity index is 435. The first-order valence-electron chi connectivity index (χ1n) is 6.35. The van der Waals surface area contributed by atoms with Gasteiger partial charge in [0.05, 0.1) is 27.9 Å². The van der Waals surface area contributed by atoms with Crippen molar-refractivity contribution in [3.63, 3.8) is 0 Å². The topological polar surface area (TPSA) is 68.8 Å². The summed E-state index contributed by atoms with van der Waals surface area (Å²) in [5.41, 5.74) is 0.721. The third-order valence-electron chi connectivity index (χ3n) is 2.57. The van der Waals surface area contributed by atoms with Crippen molar-refractivity contribution >= 4 is 11.6 Å². The fourth-order valence-corrected chi connectivity index (χ4v) is 1.74. The molecule has 0 atom stereocenters. The average Bonchev–Trinajstić information content (AvgIpc) is 2.42. The molecule has 0 saturated carbocycles. The molecule has 0 heterocycles. The van der Waals surface area contributed by atoms with Crippen LogP contribution < -0.4 is 24.8 Å². The molecule has 0 aliphatic heterocycles. The monoisotopic (exact) mass is 282 g/mol. The van der Waals surface area contributed by atoms with Gasteiger partial charge in [-0.25, -0.2) is 0 Å². The van der Waals surface area contributed by atoms with Crippen LogP contribution in [0.1, 0.15) is 13.8 Å². The van der Waals surface area contributed by atoms with Crippen LogP contribution in [0.4, 0.5) is 5.69 Å². The standard InChI is InChI=1S/C14H22N2O4/c1-9(2)16-13(17)8-15-10-6-11(18-3)14(20-5)12(7-10)19-4/h6-7,9,15H,8H2,1-5H3,(H,16,17). The molecule has 0 fully saturated rings. The van der Waals surface area contributed by atoms with E-state index in [1.807, 2.05) is 13.8 Å². The van der Waals surface area contributed by atoms with Gasteiger partial charge in [0.15, 0.2) is 11.5 Å². The molecular weight excluding hydrogens is 260 g/mol. The van der Waals surface area contributed by atoms with E-state index in [4.69, 9.17) is 14.2 Å². The quantitative estimate of drug-likeness (QED) is 0.796. The molecule has 20 heavy (non-hydrogen) atoms. The number of hydrogen-bond acceptors (Lipinski definition) is 5. The molecule has 1 aromatic carbocycles. The third kappa shape index (κ3) is 4.22. The van der Waals surface area contributed by atoms with Crippen molar-refractivity contribution in [2.24, 2.45) is 0 Å². The number of carbonyl (C=O) groups is 1. The van der Waals surface area contributed by atoms with Crippen molar-refractivity contribution in [1.82, 2.24) is 5.32 Å². The molecule has 0 aliphatic carbocycles. The van der Waals surface area contributed by atoms with Crippen LogP contribution in [0, 0.1) is 0 Å². The van der Waals surface area contributed by atoms with Crippen molar-refractivity contribution in [1.29, 1.82) is 0 Å². The Kier molecular flexibility index (Phi) is 5.96. The largest absolute Gasteiger partial charge is 0.493 e. The first-order valence-corrected chi connectivity index (χ1v) is 6.35. The maximum absolute atomic E-state index is 11.6. The van der Waals surface area contributed by atoms with Gasteiger partial charge in [0.25, 0.3) is 0 Å². The highest BCUT2D eigenvalue weighted by Gasteiger charge is 2.13. The maximum Gasteiger partial charge on any atom is 0.239 e. The van der Waals surface area contributed by atoms with Gasteiger partial charge in [-0.15, -0.1) is 0 Å². The van der Waals surface area contributed by atoms with Gasteiger partial charge in [0.2, 0.25) is 11.7 Å². The molecule has 1 amide bonds. The van der Waals surface area contributed by atoms with E-state index in [1.165, 1.54) is 0 Å². The van der Waals surface area contributed by atoms with Crippen LogP contribution in [-0.4, -0.2) is 39.8 Å². The Labute approximate surface area is 119 Å². The summed E-state index contributed by atoms with van der Waals surface area (Å²) in [5.74, 6) is 1.53. The smallest absolute Gasteiger partial charge is 0.239 e. The van der Waals surface area contributed by atoms with Gasteiger partial charge in [-0.3, -0.25) is 4.79 Å². The minimum absolute atomic E-state index is 0.0752. The summed E-state index contributed by atoms with van der Waals surface area (Å²) in [6.45, 7) is 4.01. The highest BCUT2D eigenvalue weighted by Crippen LogP contribution is 2.39. The van der Waals surface area contributed by atoms with Crippen molar-refractivity contribution < 1.29 is 19.0 Å². The fourth-order valence-electron chi connectivity index (χ4n) is 1.74. The molecule has 1 aromatic rings. The number of amides is 1. The number of ether oxygens (including phenoxy) is 3. The van der Waals surface area contributed by atoms with E-state index in [0.717, 1.165) is 5.69 Å². The zero-order chi connectivity index (χ0) is 15.1. The van der Waals surface area contributed by atoms with Gasteiger partial charge in [0, 0.05) is 23.9 Å². The summed E-state index contributed by atoms with van der Waals surface area (Å²) in [6, 6.07) is 3.62. The minimum atomic E-state index is -0.0752. The average molecular weight is 282 g/mol. The van der Waals surface area contributed by atoms with Crippen LogP contribution in [0.2, 0.25) is 0 Å².